The molecule has 0 spiro atoms. The van der Waals surface area contributed by atoms with Crippen LogP contribution in [0.2, 0.25) is 0 Å². The lowest BCUT2D eigenvalue weighted by molar-refractivity contribution is -0.140. The molecule has 0 aliphatic carbocycles. The normalized spacial score (nSPS) is 11.5. The summed E-state index contributed by atoms with van der Waals surface area (Å²) >= 11 is 5.04. The van der Waals surface area contributed by atoms with Crippen LogP contribution in [0.25, 0.3) is 0 Å². The van der Waals surface area contributed by atoms with Crippen LogP contribution < -0.4 is 16.0 Å². The first-order chi connectivity index (χ1) is 11.0. The molecule has 0 amide bonds. The number of benzene rings is 2. The summed E-state index contributed by atoms with van der Waals surface area (Å²) < 4.78 is 0. The van der Waals surface area contributed by atoms with E-state index in [1.807, 2.05) is 54.6 Å². The van der Waals surface area contributed by atoms with E-state index in [-0.39, 0.29) is 11.7 Å². The van der Waals surface area contributed by atoms with Gasteiger partial charge in [-0.05, 0) is 48.6 Å². The molecule has 0 fully saturated rings. The van der Waals surface area contributed by atoms with Gasteiger partial charge in [-0.15, -0.1) is 0 Å². The third-order valence-electron chi connectivity index (χ3n) is 3.39. The minimum Gasteiger partial charge on any atom is -0.481 e. The van der Waals surface area contributed by atoms with Crippen molar-refractivity contribution in [2.45, 2.75) is 6.92 Å². The van der Waals surface area contributed by atoms with Crippen LogP contribution in [0, 0.1) is 5.92 Å². The summed E-state index contributed by atoms with van der Waals surface area (Å²) in [5.41, 5.74) is 8.41. The second-order valence-corrected chi connectivity index (χ2v) is 5.64. The van der Waals surface area contributed by atoms with Crippen LogP contribution in [0.15, 0.2) is 54.6 Å². The van der Waals surface area contributed by atoms with Gasteiger partial charge in [0.05, 0.1) is 5.92 Å². The summed E-state index contributed by atoms with van der Waals surface area (Å²) in [5, 5.41) is 12.5. The number of rotatable bonds is 6. The molecule has 0 aliphatic heterocycles. The first-order valence-electron chi connectivity index (χ1n) is 7.19. The number of hydrogen-bond donors (Lipinski definition) is 3. The number of aliphatic carboxylic acids is 1. The van der Waals surface area contributed by atoms with Crippen molar-refractivity contribution in [3.63, 3.8) is 0 Å². The van der Waals surface area contributed by atoms with Crippen molar-refractivity contribution in [1.29, 1.82) is 0 Å². The Balaban J connectivity index is 2.12. The van der Waals surface area contributed by atoms with E-state index in [9.17, 15) is 4.79 Å². The average Bonchev–Trinajstić information content (AvgIpc) is 2.54. The number of hydrogen-bond acceptors (Lipinski definition) is 3. The molecule has 0 radical (unpaired) electrons. The Labute approximate surface area is 140 Å². The van der Waals surface area contributed by atoms with E-state index < -0.39 is 11.9 Å². The number of anilines is 3. The number of thiocarbonyl (C=S) groups is 1. The Morgan fingerprint density at radius 3 is 2.26 bits per heavy atom. The van der Waals surface area contributed by atoms with Gasteiger partial charge in [-0.25, -0.2) is 0 Å². The van der Waals surface area contributed by atoms with Crippen molar-refractivity contribution < 1.29 is 9.90 Å². The van der Waals surface area contributed by atoms with E-state index in [2.05, 4.69) is 5.32 Å². The third kappa shape index (κ3) is 4.69. The predicted octanol–water partition coefficient (Wildman–Crippen LogP) is 3.20. The predicted molar refractivity (Wildman–Crippen MR) is 97.1 cm³/mol. The molecule has 0 bridgehead atoms. The Morgan fingerprint density at radius 2 is 1.74 bits per heavy atom. The Bertz CT molecular complexity index is 674. The second-order valence-electron chi connectivity index (χ2n) is 5.23. The summed E-state index contributed by atoms with van der Waals surface area (Å²) in [4.78, 5) is 12.7. The lowest BCUT2D eigenvalue weighted by Gasteiger charge is -2.25. The van der Waals surface area contributed by atoms with Crippen molar-refractivity contribution in [2.75, 3.05) is 16.8 Å². The topological polar surface area (TPSA) is 78.6 Å². The minimum absolute atomic E-state index is 0.155. The molecule has 1 atom stereocenters. The van der Waals surface area contributed by atoms with Gasteiger partial charge in [0.15, 0.2) is 5.11 Å². The summed E-state index contributed by atoms with van der Waals surface area (Å²) in [5.74, 6) is -1.45. The molecular weight excluding hydrogens is 310 g/mol. The zero-order valence-electron chi connectivity index (χ0n) is 12.8. The van der Waals surface area contributed by atoms with E-state index >= 15 is 0 Å². The first-order valence-corrected chi connectivity index (χ1v) is 7.60. The fourth-order valence-electron chi connectivity index (χ4n) is 2.09. The summed E-state index contributed by atoms with van der Waals surface area (Å²) in [6.07, 6.45) is 0. The number of para-hydroxylation sites is 1. The van der Waals surface area contributed by atoms with Gasteiger partial charge in [0.25, 0.3) is 0 Å². The molecule has 0 saturated heterocycles. The van der Waals surface area contributed by atoms with Gasteiger partial charge >= 0.3 is 5.97 Å². The minimum atomic E-state index is -0.881. The maximum absolute atomic E-state index is 11.0. The number of nitrogens with one attached hydrogen (secondary N) is 1. The fourth-order valence-corrected chi connectivity index (χ4v) is 2.27. The summed E-state index contributed by atoms with van der Waals surface area (Å²) in [6, 6.07) is 17.3. The molecule has 2 aromatic carbocycles. The van der Waals surface area contributed by atoms with Crippen LogP contribution in [-0.2, 0) is 4.79 Å². The van der Waals surface area contributed by atoms with Crippen LogP contribution >= 0.6 is 12.2 Å². The van der Waals surface area contributed by atoms with Gasteiger partial charge in [0.2, 0.25) is 0 Å². The molecule has 4 N–H and O–H groups in total. The van der Waals surface area contributed by atoms with E-state index in [1.165, 1.54) is 0 Å². The van der Waals surface area contributed by atoms with Gasteiger partial charge in [0, 0.05) is 23.6 Å². The molecule has 23 heavy (non-hydrogen) atoms. The van der Waals surface area contributed by atoms with Crippen LogP contribution in [-0.4, -0.2) is 22.7 Å². The molecule has 6 heteroatoms. The number of nitrogens with zero attached hydrogens (tertiary/aromatic N) is 1. The molecule has 0 unspecified atom stereocenters. The van der Waals surface area contributed by atoms with Gasteiger partial charge in [-0.1, -0.05) is 25.1 Å². The van der Waals surface area contributed by atoms with Crippen molar-refractivity contribution >= 4 is 40.4 Å². The van der Waals surface area contributed by atoms with E-state index in [4.69, 9.17) is 23.1 Å². The molecule has 120 valence electrons. The lowest BCUT2D eigenvalue weighted by Crippen LogP contribution is -2.40. The monoisotopic (exact) mass is 329 g/mol. The first kappa shape index (κ1) is 16.8. The molecule has 2 aromatic rings. The smallest absolute Gasteiger partial charge is 0.308 e. The van der Waals surface area contributed by atoms with Gasteiger partial charge in [0.1, 0.15) is 0 Å². The SMILES string of the molecule is C[C@@H](CN(C(N)=S)c1ccc(Nc2ccccc2)cc1)C(=O)O. The van der Waals surface area contributed by atoms with Crippen molar-refractivity contribution in [1.82, 2.24) is 0 Å². The van der Waals surface area contributed by atoms with E-state index in [1.54, 1.807) is 11.8 Å². The van der Waals surface area contributed by atoms with E-state index in [0.717, 1.165) is 17.1 Å². The van der Waals surface area contributed by atoms with Gasteiger partial charge < -0.3 is 21.1 Å². The molecule has 5 nitrogen and oxygen atoms in total. The van der Waals surface area contributed by atoms with Crippen LogP contribution in [0.1, 0.15) is 6.92 Å². The number of carbonyl (C=O) groups is 1. The highest BCUT2D eigenvalue weighted by atomic mass is 32.1. The highest BCUT2D eigenvalue weighted by molar-refractivity contribution is 7.80. The molecular formula is C17H19N3O2S. The maximum atomic E-state index is 11.0. The van der Waals surface area contributed by atoms with Crippen LogP contribution in [0.3, 0.4) is 0 Å². The maximum Gasteiger partial charge on any atom is 0.308 e. The Morgan fingerprint density at radius 1 is 1.17 bits per heavy atom. The van der Waals surface area contributed by atoms with Crippen LogP contribution in [0.5, 0.6) is 0 Å². The molecule has 0 aromatic heterocycles. The Kier molecular flexibility index (Phi) is 5.54. The average molecular weight is 329 g/mol. The molecule has 0 saturated carbocycles. The zero-order chi connectivity index (χ0) is 16.8. The second kappa shape index (κ2) is 7.60. The third-order valence-corrected chi connectivity index (χ3v) is 3.61. The standard InChI is InChI=1S/C17H19N3O2S/c1-12(16(21)22)11-20(17(18)23)15-9-7-14(8-10-15)19-13-5-3-2-4-6-13/h2-10,12,19H,11H2,1H3,(H2,18,23)(H,21,22)/t12-/m0/s1. The fraction of sp³-hybridized carbons (Fsp3) is 0.176. The number of carboxylic acids is 1. The van der Waals surface area contributed by atoms with E-state index in [0.29, 0.717) is 0 Å². The van der Waals surface area contributed by atoms with Crippen molar-refractivity contribution in [3.05, 3.63) is 54.6 Å². The highest BCUT2D eigenvalue weighted by Gasteiger charge is 2.18. The lowest BCUT2D eigenvalue weighted by atomic mass is 10.1. The molecule has 2 rings (SSSR count). The quantitative estimate of drug-likeness (QED) is 0.706. The van der Waals surface area contributed by atoms with Crippen molar-refractivity contribution in [2.24, 2.45) is 11.7 Å². The highest BCUT2D eigenvalue weighted by Crippen LogP contribution is 2.22. The van der Waals surface area contributed by atoms with Crippen LogP contribution in [0.4, 0.5) is 17.1 Å². The van der Waals surface area contributed by atoms with Crippen molar-refractivity contribution in [3.8, 4) is 0 Å². The Hall–Kier alpha value is -2.60. The summed E-state index contributed by atoms with van der Waals surface area (Å²) in [7, 11) is 0. The molecule has 0 heterocycles. The molecule has 0 aliphatic rings. The van der Waals surface area contributed by atoms with Gasteiger partial charge in [-0.3, -0.25) is 4.79 Å². The number of nitrogens with two attached hydrogens (primary N) is 1. The largest absolute Gasteiger partial charge is 0.481 e. The number of carboxylic acid groups (broad SMARTS) is 1. The van der Waals surface area contributed by atoms with Gasteiger partial charge in [-0.2, -0.15) is 0 Å². The zero-order valence-corrected chi connectivity index (χ0v) is 13.6. The summed E-state index contributed by atoms with van der Waals surface area (Å²) in [6.45, 7) is 1.86.